The highest BCUT2D eigenvalue weighted by molar-refractivity contribution is 5.75. The Hall–Kier alpha value is -0.650. The van der Waals surface area contributed by atoms with Crippen LogP contribution in [0.4, 0.5) is 0 Å². The fourth-order valence-corrected chi connectivity index (χ4v) is 3.52. The summed E-state index contributed by atoms with van der Waals surface area (Å²) in [6, 6.07) is 0.634. The third-order valence-corrected chi connectivity index (χ3v) is 4.82. The van der Waals surface area contributed by atoms with Crippen LogP contribution in [0.2, 0.25) is 0 Å². The Labute approximate surface area is 129 Å². The Morgan fingerprint density at radius 2 is 1.90 bits per heavy atom. The topological polar surface area (TPSA) is 44.8 Å². The molecule has 0 aromatic carbocycles. The number of ether oxygens (including phenoxy) is 1. The minimum atomic E-state index is -0.187. The van der Waals surface area contributed by atoms with Crippen molar-refractivity contribution < 1.29 is 9.53 Å². The molecule has 0 aromatic heterocycles. The number of rotatable bonds is 7. The highest BCUT2D eigenvalue weighted by atomic mass is 16.5. The Kier molecular flexibility index (Phi) is 6.93. The predicted molar refractivity (Wildman–Crippen MR) is 84.4 cm³/mol. The van der Waals surface area contributed by atoms with E-state index in [1.54, 1.807) is 0 Å². The van der Waals surface area contributed by atoms with Gasteiger partial charge in [-0.2, -0.15) is 0 Å². The van der Waals surface area contributed by atoms with Gasteiger partial charge in [-0.1, -0.05) is 19.8 Å². The number of methoxy groups -OCH3 is 1. The summed E-state index contributed by atoms with van der Waals surface area (Å²) < 4.78 is 4.91. The maximum absolute atomic E-state index is 11.8. The number of esters is 1. The van der Waals surface area contributed by atoms with Gasteiger partial charge in [-0.15, -0.1) is 0 Å². The summed E-state index contributed by atoms with van der Waals surface area (Å²) in [5, 5.41) is 3.30. The second-order valence-corrected chi connectivity index (χ2v) is 6.30. The number of hydrogen-bond donors (Lipinski definition) is 1. The lowest BCUT2D eigenvalue weighted by Gasteiger charge is -2.39. The van der Waals surface area contributed by atoms with E-state index in [0.717, 1.165) is 51.7 Å². The van der Waals surface area contributed by atoms with Crippen LogP contribution in [0.3, 0.4) is 0 Å². The molecule has 1 N–H and O–H groups in total. The van der Waals surface area contributed by atoms with Crippen molar-refractivity contribution in [3.8, 4) is 0 Å². The molecule has 1 saturated carbocycles. The van der Waals surface area contributed by atoms with Gasteiger partial charge in [0.05, 0.1) is 7.11 Å². The predicted octanol–water partition coefficient (Wildman–Crippen LogP) is 1.09. The first kappa shape index (κ1) is 16.7. The van der Waals surface area contributed by atoms with Crippen molar-refractivity contribution in [1.29, 1.82) is 0 Å². The van der Waals surface area contributed by atoms with Crippen LogP contribution < -0.4 is 5.32 Å². The van der Waals surface area contributed by atoms with Gasteiger partial charge < -0.3 is 10.1 Å². The van der Waals surface area contributed by atoms with E-state index in [0.29, 0.717) is 0 Å². The lowest BCUT2D eigenvalue weighted by Crippen LogP contribution is -2.54. The summed E-state index contributed by atoms with van der Waals surface area (Å²) in [6.07, 6.45) is 6.58. The molecule has 0 aromatic rings. The monoisotopic (exact) mass is 297 g/mol. The molecule has 0 bridgehead atoms. The second kappa shape index (κ2) is 8.71. The second-order valence-electron chi connectivity index (χ2n) is 6.30. The quantitative estimate of drug-likeness (QED) is 0.713. The lowest BCUT2D eigenvalue weighted by molar-refractivity contribution is -0.143. The van der Waals surface area contributed by atoms with Crippen LogP contribution in [-0.2, 0) is 9.53 Å². The van der Waals surface area contributed by atoms with Crippen molar-refractivity contribution in [3.05, 3.63) is 0 Å². The first-order chi connectivity index (χ1) is 10.2. The fourth-order valence-electron chi connectivity index (χ4n) is 3.52. The molecule has 5 heteroatoms. The zero-order valence-corrected chi connectivity index (χ0v) is 13.6. The van der Waals surface area contributed by atoms with E-state index < -0.39 is 0 Å². The number of nitrogens with zero attached hydrogens (tertiary/aromatic N) is 2. The highest BCUT2D eigenvalue weighted by Crippen LogP contribution is 2.24. The van der Waals surface area contributed by atoms with Crippen LogP contribution >= 0.6 is 0 Å². The molecule has 1 aliphatic heterocycles. The van der Waals surface area contributed by atoms with Crippen molar-refractivity contribution in [2.24, 2.45) is 0 Å². The maximum atomic E-state index is 11.8. The fraction of sp³-hybridized carbons (Fsp3) is 0.938. The van der Waals surface area contributed by atoms with Crippen molar-refractivity contribution in [2.45, 2.75) is 51.1 Å². The van der Waals surface area contributed by atoms with Gasteiger partial charge >= 0.3 is 5.97 Å². The molecule has 0 radical (unpaired) electrons. The van der Waals surface area contributed by atoms with Gasteiger partial charge in [0, 0.05) is 38.8 Å². The van der Waals surface area contributed by atoms with Gasteiger partial charge in [-0.3, -0.25) is 14.6 Å². The van der Waals surface area contributed by atoms with Gasteiger partial charge in [-0.05, 0) is 25.8 Å². The van der Waals surface area contributed by atoms with E-state index in [-0.39, 0.29) is 12.0 Å². The zero-order valence-electron chi connectivity index (χ0n) is 13.6. The molecule has 5 nitrogen and oxygen atoms in total. The van der Waals surface area contributed by atoms with Crippen LogP contribution in [0.5, 0.6) is 0 Å². The molecule has 1 aliphatic carbocycles. The first-order valence-electron chi connectivity index (χ1n) is 8.52. The van der Waals surface area contributed by atoms with E-state index in [2.05, 4.69) is 22.0 Å². The molecule has 122 valence electrons. The van der Waals surface area contributed by atoms with Crippen LogP contribution in [0.15, 0.2) is 0 Å². The summed E-state index contributed by atoms with van der Waals surface area (Å²) in [7, 11) is 1.47. The van der Waals surface area contributed by atoms with Crippen molar-refractivity contribution >= 4 is 5.97 Å². The Morgan fingerprint density at radius 1 is 1.24 bits per heavy atom. The first-order valence-corrected chi connectivity index (χ1v) is 8.52. The van der Waals surface area contributed by atoms with Crippen molar-refractivity contribution in [2.75, 3.05) is 46.4 Å². The van der Waals surface area contributed by atoms with Crippen LogP contribution in [-0.4, -0.2) is 74.2 Å². The molecule has 2 aliphatic rings. The normalized spacial score (nSPS) is 23.3. The lowest BCUT2D eigenvalue weighted by atomic mass is 10.1. The van der Waals surface area contributed by atoms with E-state index >= 15 is 0 Å². The number of carbonyl (C=O) groups is 1. The number of piperazine rings is 1. The molecule has 0 amide bonds. The summed E-state index contributed by atoms with van der Waals surface area (Å²) in [5.74, 6) is -0.137. The molecular weight excluding hydrogens is 266 g/mol. The summed E-state index contributed by atoms with van der Waals surface area (Å²) in [6.45, 7) is 8.17. The molecule has 21 heavy (non-hydrogen) atoms. The molecule has 2 rings (SSSR count). The maximum Gasteiger partial charge on any atom is 0.324 e. The standard InChI is InChI=1S/C16H31N3O2/c1-3-8-17-15(16(20)21-2)13-18-9-11-19(12-10-18)14-6-4-5-7-14/h14-15,17H,3-13H2,1-2H3. The average molecular weight is 297 g/mol. The molecule has 1 atom stereocenters. The molecular formula is C16H31N3O2. The minimum Gasteiger partial charge on any atom is -0.468 e. The van der Waals surface area contributed by atoms with E-state index in [1.165, 1.54) is 32.8 Å². The van der Waals surface area contributed by atoms with E-state index in [1.807, 2.05) is 0 Å². The van der Waals surface area contributed by atoms with Gasteiger partial charge in [0.15, 0.2) is 0 Å². The summed E-state index contributed by atoms with van der Waals surface area (Å²) in [4.78, 5) is 16.9. The van der Waals surface area contributed by atoms with Gasteiger partial charge in [0.1, 0.15) is 6.04 Å². The van der Waals surface area contributed by atoms with Gasteiger partial charge in [0.2, 0.25) is 0 Å². The third kappa shape index (κ3) is 4.94. The molecule has 0 spiro atoms. The Balaban J connectivity index is 1.75. The van der Waals surface area contributed by atoms with Gasteiger partial charge in [0.25, 0.3) is 0 Å². The molecule has 1 saturated heterocycles. The minimum absolute atomic E-state index is 0.137. The summed E-state index contributed by atoms with van der Waals surface area (Å²) >= 11 is 0. The molecule has 2 fully saturated rings. The number of carbonyl (C=O) groups excluding carboxylic acids is 1. The molecule has 1 heterocycles. The third-order valence-electron chi connectivity index (χ3n) is 4.82. The summed E-state index contributed by atoms with van der Waals surface area (Å²) in [5.41, 5.74) is 0. The van der Waals surface area contributed by atoms with Crippen molar-refractivity contribution in [3.63, 3.8) is 0 Å². The largest absolute Gasteiger partial charge is 0.468 e. The van der Waals surface area contributed by atoms with Crippen LogP contribution in [0, 0.1) is 0 Å². The van der Waals surface area contributed by atoms with Crippen LogP contribution in [0.1, 0.15) is 39.0 Å². The average Bonchev–Trinajstić information content (AvgIpc) is 3.05. The zero-order chi connectivity index (χ0) is 15.1. The smallest absolute Gasteiger partial charge is 0.324 e. The Morgan fingerprint density at radius 3 is 2.48 bits per heavy atom. The van der Waals surface area contributed by atoms with E-state index in [4.69, 9.17) is 4.74 Å². The van der Waals surface area contributed by atoms with E-state index in [9.17, 15) is 4.79 Å². The highest BCUT2D eigenvalue weighted by Gasteiger charge is 2.28. The number of nitrogens with one attached hydrogen (secondary N) is 1. The molecule has 1 unspecified atom stereocenters. The Bertz CT molecular complexity index is 311. The number of hydrogen-bond acceptors (Lipinski definition) is 5. The van der Waals surface area contributed by atoms with Gasteiger partial charge in [-0.25, -0.2) is 0 Å². The van der Waals surface area contributed by atoms with Crippen LogP contribution in [0.25, 0.3) is 0 Å². The SMILES string of the molecule is CCCNC(CN1CCN(C2CCCC2)CC1)C(=O)OC. The van der Waals surface area contributed by atoms with Crippen molar-refractivity contribution in [1.82, 2.24) is 15.1 Å².